The van der Waals surface area contributed by atoms with Crippen molar-refractivity contribution in [1.29, 1.82) is 0 Å². The second kappa shape index (κ2) is 3.92. The highest BCUT2D eigenvalue weighted by Crippen LogP contribution is 2.42. The Morgan fingerprint density at radius 2 is 2.18 bits per heavy atom. The molecule has 2 rings (SSSR count). The lowest BCUT2D eigenvalue weighted by atomic mass is 9.90. The summed E-state index contributed by atoms with van der Waals surface area (Å²) >= 11 is 3.30. The topological polar surface area (TPSA) is 57.6 Å². The van der Waals surface area contributed by atoms with E-state index in [1.807, 2.05) is 0 Å². The molecule has 17 heavy (non-hydrogen) atoms. The predicted molar refractivity (Wildman–Crippen MR) is 66.7 cm³/mol. The van der Waals surface area contributed by atoms with Crippen LogP contribution in [-0.4, -0.2) is 23.8 Å². The summed E-state index contributed by atoms with van der Waals surface area (Å²) in [4.78, 5) is 24.6. The molecule has 0 aromatic heterocycles. The number of halogens is 1. The Hall–Kier alpha value is -1.20. The molecule has 4 nitrogen and oxygen atoms in total. The fourth-order valence-electron chi connectivity index (χ4n) is 2.17. The summed E-state index contributed by atoms with van der Waals surface area (Å²) < 4.78 is 0.765. The fourth-order valence-corrected chi connectivity index (χ4v) is 2.53. The zero-order valence-electron chi connectivity index (χ0n) is 9.53. The van der Waals surface area contributed by atoms with Crippen LogP contribution >= 0.6 is 15.9 Å². The highest BCUT2D eigenvalue weighted by molar-refractivity contribution is 9.10. The number of benzene rings is 1. The van der Waals surface area contributed by atoms with Gasteiger partial charge in [-0.3, -0.25) is 9.59 Å². The number of carbonyl (C=O) groups is 2. The molecule has 0 fully saturated rings. The van der Waals surface area contributed by atoms with Gasteiger partial charge >= 0.3 is 0 Å². The average molecular weight is 298 g/mol. The molecule has 0 bridgehead atoms. The molecule has 0 spiro atoms. The van der Waals surface area contributed by atoms with Crippen LogP contribution in [-0.2, 0) is 15.2 Å². The maximum Gasteiger partial charge on any atom is 0.263 e. The first-order valence-corrected chi connectivity index (χ1v) is 5.95. The molecule has 1 aliphatic rings. The minimum Gasteiger partial charge on any atom is -0.375 e. The van der Waals surface area contributed by atoms with Crippen molar-refractivity contribution >= 4 is 33.3 Å². The third-order valence-corrected chi connectivity index (χ3v) is 3.42. The summed E-state index contributed by atoms with van der Waals surface area (Å²) in [5, 5.41) is 10.4. The summed E-state index contributed by atoms with van der Waals surface area (Å²) in [6.45, 7) is 1.36. The molecular weight excluding hydrogens is 286 g/mol. The van der Waals surface area contributed by atoms with E-state index in [9.17, 15) is 14.7 Å². The van der Waals surface area contributed by atoms with Crippen molar-refractivity contribution < 1.29 is 14.7 Å². The Balaban J connectivity index is 2.60. The number of anilines is 1. The standard InChI is InChI=1S/C12H12BrNO3/c1-7(15)6-12(17)9-5-8(13)3-4-10(9)14(2)11(12)16/h3-5,17H,6H2,1-2H3. The van der Waals surface area contributed by atoms with Crippen molar-refractivity contribution in [2.24, 2.45) is 0 Å². The van der Waals surface area contributed by atoms with Gasteiger partial charge in [0.1, 0.15) is 5.78 Å². The summed E-state index contributed by atoms with van der Waals surface area (Å²) in [6.07, 6.45) is -0.195. The molecule has 0 saturated carbocycles. The zero-order chi connectivity index (χ0) is 12.8. The number of nitrogens with zero attached hydrogens (tertiary/aromatic N) is 1. The molecule has 1 heterocycles. The van der Waals surface area contributed by atoms with Crippen LogP contribution in [0.25, 0.3) is 0 Å². The molecule has 0 radical (unpaired) electrons. The van der Waals surface area contributed by atoms with Crippen LogP contribution < -0.4 is 4.90 Å². The van der Waals surface area contributed by atoms with Crippen LogP contribution in [0.15, 0.2) is 22.7 Å². The van der Waals surface area contributed by atoms with Gasteiger partial charge in [0.2, 0.25) is 0 Å². The highest BCUT2D eigenvalue weighted by atomic mass is 79.9. The summed E-state index contributed by atoms with van der Waals surface area (Å²) in [7, 11) is 1.59. The first-order chi connectivity index (χ1) is 7.86. The SMILES string of the molecule is CC(=O)CC1(O)C(=O)N(C)c2ccc(Br)cc21. The number of ketones is 1. The Bertz CT molecular complexity index is 514. The van der Waals surface area contributed by atoms with E-state index < -0.39 is 11.5 Å². The van der Waals surface area contributed by atoms with Crippen LogP contribution in [0, 0.1) is 0 Å². The van der Waals surface area contributed by atoms with Gasteiger partial charge in [-0.1, -0.05) is 15.9 Å². The van der Waals surface area contributed by atoms with Gasteiger partial charge in [0.15, 0.2) is 5.60 Å². The molecule has 1 N–H and O–H groups in total. The van der Waals surface area contributed by atoms with Crippen LogP contribution in [0.3, 0.4) is 0 Å². The van der Waals surface area contributed by atoms with Gasteiger partial charge in [-0.05, 0) is 25.1 Å². The van der Waals surface area contributed by atoms with Crippen LogP contribution in [0.2, 0.25) is 0 Å². The van der Waals surface area contributed by atoms with Crippen LogP contribution in [0.5, 0.6) is 0 Å². The predicted octanol–water partition coefficient (Wildman–Crippen LogP) is 1.59. The minimum atomic E-state index is -1.72. The molecule has 90 valence electrons. The number of hydrogen-bond donors (Lipinski definition) is 1. The fraction of sp³-hybridized carbons (Fsp3) is 0.333. The van der Waals surface area contributed by atoms with E-state index in [2.05, 4.69) is 15.9 Å². The number of likely N-dealkylation sites (N-methyl/N-ethyl adjacent to an activating group) is 1. The van der Waals surface area contributed by atoms with Gasteiger partial charge in [-0.2, -0.15) is 0 Å². The molecule has 1 unspecified atom stereocenters. The van der Waals surface area contributed by atoms with E-state index in [1.165, 1.54) is 11.8 Å². The molecule has 1 aromatic carbocycles. The minimum absolute atomic E-state index is 0.195. The monoisotopic (exact) mass is 297 g/mol. The largest absolute Gasteiger partial charge is 0.375 e. The van der Waals surface area contributed by atoms with Gasteiger partial charge in [0.05, 0.1) is 5.69 Å². The number of carbonyl (C=O) groups excluding carboxylic acids is 2. The van der Waals surface area contributed by atoms with Crippen molar-refractivity contribution in [2.45, 2.75) is 18.9 Å². The van der Waals surface area contributed by atoms with E-state index in [1.54, 1.807) is 25.2 Å². The summed E-state index contributed by atoms with van der Waals surface area (Å²) in [6, 6.07) is 5.22. The molecule has 1 aromatic rings. The Kier molecular flexibility index (Phi) is 2.83. The molecule has 5 heteroatoms. The van der Waals surface area contributed by atoms with E-state index >= 15 is 0 Å². The van der Waals surface area contributed by atoms with Gasteiger partial charge < -0.3 is 10.0 Å². The third kappa shape index (κ3) is 1.79. The Morgan fingerprint density at radius 1 is 1.53 bits per heavy atom. The second-order valence-corrected chi connectivity index (χ2v) is 5.18. The number of hydrogen-bond acceptors (Lipinski definition) is 3. The third-order valence-electron chi connectivity index (χ3n) is 2.93. The maximum absolute atomic E-state index is 12.0. The summed E-state index contributed by atoms with van der Waals surface area (Å²) in [5.74, 6) is -0.678. The normalized spacial score (nSPS) is 22.8. The quantitative estimate of drug-likeness (QED) is 0.902. The molecule has 0 aliphatic carbocycles. The lowest BCUT2D eigenvalue weighted by molar-refractivity contribution is -0.141. The number of fused-ring (bicyclic) bond motifs is 1. The van der Waals surface area contributed by atoms with E-state index in [0.29, 0.717) is 11.3 Å². The Morgan fingerprint density at radius 3 is 2.76 bits per heavy atom. The van der Waals surface area contributed by atoms with E-state index in [0.717, 1.165) is 4.47 Å². The van der Waals surface area contributed by atoms with E-state index in [-0.39, 0.29) is 12.2 Å². The van der Waals surface area contributed by atoms with Crippen molar-refractivity contribution in [3.8, 4) is 0 Å². The van der Waals surface area contributed by atoms with Crippen LogP contribution in [0.1, 0.15) is 18.9 Å². The first-order valence-electron chi connectivity index (χ1n) is 5.16. The van der Waals surface area contributed by atoms with Gasteiger partial charge in [-0.25, -0.2) is 0 Å². The Labute approximate surface area is 107 Å². The lowest BCUT2D eigenvalue weighted by Gasteiger charge is -2.20. The van der Waals surface area contributed by atoms with Gasteiger partial charge in [-0.15, -0.1) is 0 Å². The number of aliphatic hydroxyl groups is 1. The van der Waals surface area contributed by atoms with Crippen molar-refractivity contribution in [3.05, 3.63) is 28.2 Å². The molecule has 1 atom stereocenters. The van der Waals surface area contributed by atoms with Gasteiger partial charge in [0.25, 0.3) is 5.91 Å². The molecule has 1 aliphatic heterocycles. The number of amides is 1. The first kappa shape index (κ1) is 12.3. The smallest absolute Gasteiger partial charge is 0.263 e. The average Bonchev–Trinajstić information content (AvgIpc) is 2.41. The van der Waals surface area contributed by atoms with Gasteiger partial charge in [0, 0.05) is 23.5 Å². The molecule has 1 amide bonds. The molecular formula is C12H12BrNO3. The zero-order valence-corrected chi connectivity index (χ0v) is 11.1. The second-order valence-electron chi connectivity index (χ2n) is 4.26. The van der Waals surface area contributed by atoms with E-state index in [4.69, 9.17) is 0 Å². The van der Waals surface area contributed by atoms with Crippen molar-refractivity contribution in [1.82, 2.24) is 0 Å². The van der Waals surface area contributed by atoms with Crippen LogP contribution in [0.4, 0.5) is 5.69 Å². The number of Topliss-reactive ketones (excluding diaryl/α,β-unsaturated/α-hetero) is 1. The highest BCUT2D eigenvalue weighted by Gasteiger charge is 2.49. The number of rotatable bonds is 2. The lowest BCUT2D eigenvalue weighted by Crippen LogP contribution is -2.39. The maximum atomic E-state index is 12.0. The molecule has 0 saturated heterocycles. The van der Waals surface area contributed by atoms with Crippen molar-refractivity contribution in [2.75, 3.05) is 11.9 Å². The summed E-state index contributed by atoms with van der Waals surface area (Å²) in [5.41, 5.74) is -0.601. The van der Waals surface area contributed by atoms with Crippen molar-refractivity contribution in [3.63, 3.8) is 0 Å².